The topological polar surface area (TPSA) is 46.3 Å². The number of hydrogen-bond acceptors (Lipinski definition) is 3. The van der Waals surface area contributed by atoms with Crippen molar-refractivity contribution < 1.29 is 4.79 Å². The van der Waals surface area contributed by atoms with E-state index in [0.717, 1.165) is 30.8 Å². The van der Waals surface area contributed by atoms with Gasteiger partial charge in [-0.1, -0.05) is 0 Å². The number of nitrogens with zero attached hydrogens (tertiary/aromatic N) is 1. The first-order valence-electron chi connectivity index (χ1n) is 6.61. The monoisotopic (exact) mass is 302 g/mol. The summed E-state index contributed by atoms with van der Waals surface area (Å²) in [5, 5.41) is 0. The molecule has 0 spiro atoms. The van der Waals surface area contributed by atoms with Gasteiger partial charge in [0, 0.05) is 24.0 Å². The molecule has 3 nitrogen and oxygen atoms in total. The Morgan fingerprint density at radius 1 is 1.53 bits per heavy atom. The number of hydrogen-bond donors (Lipinski definition) is 1. The van der Waals surface area contributed by atoms with E-state index in [-0.39, 0.29) is 24.4 Å². The second-order valence-electron chi connectivity index (χ2n) is 5.36. The Morgan fingerprint density at radius 3 is 2.74 bits per heavy atom. The third-order valence-electron chi connectivity index (χ3n) is 3.87. The van der Waals surface area contributed by atoms with Crippen LogP contribution >= 0.6 is 23.7 Å². The molecule has 1 aromatic rings. The zero-order chi connectivity index (χ0) is 13.3. The molecule has 1 aliphatic rings. The van der Waals surface area contributed by atoms with E-state index in [1.54, 1.807) is 11.3 Å². The summed E-state index contributed by atoms with van der Waals surface area (Å²) in [6.45, 7) is 7.85. The fourth-order valence-electron chi connectivity index (χ4n) is 2.46. The number of carbonyl (C=O) groups excluding carboxylic acids is 1. The van der Waals surface area contributed by atoms with Crippen molar-refractivity contribution in [3.8, 4) is 0 Å². The Morgan fingerprint density at radius 2 is 2.21 bits per heavy atom. The fourth-order valence-corrected chi connectivity index (χ4v) is 3.46. The Hall–Kier alpha value is -0.580. The second-order valence-corrected chi connectivity index (χ2v) is 6.62. The van der Waals surface area contributed by atoms with Crippen LogP contribution in [-0.4, -0.2) is 29.9 Å². The average molecular weight is 303 g/mol. The van der Waals surface area contributed by atoms with E-state index in [2.05, 4.69) is 13.8 Å². The Balaban J connectivity index is 0.00000180. The zero-order valence-electron chi connectivity index (χ0n) is 11.8. The van der Waals surface area contributed by atoms with Crippen LogP contribution in [0.5, 0.6) is 0 Å². The van der Waals surface area contributed by atoms with Crippen LogP contribution in [0.4, 0.5) is 0 Å². The minimum Gasteiger partial charge on any atom is -0.338 e. The van der Waals surface area contributed by atoms with Crippen LogP contribution in [0.25, 0.3) is 0 Å². The number of thiophene rings is 1. The predicted molar refractivity (Wildman–Crippen MR) is 83.3 cm³/mol. The van der Waals surface area contributed by atoms with Gasteiger partial charge in [-0.2, -0.15) is 0 Å². The summed E-state index contributed by atoms with van der Waals surface area (Å²) >= 11 is 1.60. The van der Waals surface area contributed by atoms with Crippen LogP contribution in [0.15, 0.2) is 6.07 Å². The normalized spacial score (nSPS) is 20.8. The number of amides is 1. The molecule has 2 unspecified atom stereocenters. The highest BCUT2D eigenvalue weighted by atomic mass is 35.5. The quantitative estimate of drug-likeness (QED) is 0.913. The van der Waals surface area contributed by atoms with Crippen LogP contribution in [0.3, 0.4) is 0 Å². The molecule has 2 N–H and O–H groups in total. The van der Waals surface area contributed by atoms with E-state index >= 15 is 0 Å². The molecule has 0 bridgehead atoms. The number of likely N-dealkylation sites (tertiary alicyclic amines) is 1. The van der Waals surface area contributed by atoms with E-state index in [9.17, 15) is 4.79 Å². The van der Waals surface area contributed by atoms with Crippen molar-refractivity contribution in [2.45, 2.75) is 39.7 Å². The average Bonchev–Trinajstić information content (AvgIpc) is 2.69. The largest absolute Gasteiger partial charge is 0.338 e. The molecule has 2 atom stereocenters. The Bertz CT molecular complexity index is 425. The maximum absolute atomic E-state index is 12.4. The van der Waals surface area contributed by atoms with Gasteiger partial charge in [0.1, 0.15) is 0 Å². The van der Waals surface area contributed by atoms with Crippen molar-refractivity contribution in [1.29, 1.82) is 0 Å². The van der Waals surface area contributed by atoms with E-state index < -0.39 is 0 Å². The lowest BCUT2D eigenvalue weighted by Crippen LogP contribution is -2.44. The van der Waals surface area contributed by atoms with E-state index in [1.807, 2.05) is 17.9 Å². The molecule has 5 heteroatoms. The minimum absolute atomic E-state index is 0. The first kappa shape index (κ1) is 16.5. The van der Waals surface area contributed by atoms with Crippen LogP contribution < -0.4 is 5.73 Å². The zero-order valence-corrected chi connectivity index (χ0v) is 13.4. The summed E-state index contributed by atoms with van der Waals surface area (Å²) in [5.74, 6) is 0.631. The molecule has 0 aromatic carbocycles. The van der Waals surface area contributed by atoms with E-state index in [1.165, 1.54) is 10.4 Å². The summed E-state index contributed by atoms with van der Waals surface area (Å²) in [7, 11) is 0. The lowest BCUT2D eigenvalue weighted by atomic mass is 9.92. The van der Waals surface area contributed by atoms with Crippen molar-refractivity contribution in [3.63, 3.8) is 0 Å². The van der Waals surface area contributed by atoms with Crippen molar-refractivity contribution in [2.75, 3.05) is 13.1 Å². The minimum atomic E-state index is 0. The summed E-state index contributed by atoms with van der Waals surface area (Å²) in [5.41, 5.74) is 7.17. The van der Waals surface area contributed by atoms with Crippen LogP contribution in [0.1, 0.15) is 39.9 Å². The van der Waals surface area contributed by atoms with E-state index in [4.69, 9.17) is 5.73 Å². The van der Waals surface area contributed by atoms with Crippen molar-refractivity contribution in [3.05, 3.63) is 21.4 Å². The standard InChI is InChI=1S/C14H22N2OS.ClH/c1-9-7-13(18-11(9)3)14(17)16-6-4-5-12(8-16)10(2)15;/h7,10,12H,4-6,8,15H2,1-3H3;1H. The third kappa shape index (κ3) is 3.71. The van der Waals surface area contributed by atoms with Gasteiger partial charge in [0.15, 0.2) is 0 Å². The number of carbonyl (C=O) groups is 1. The molecule has 108 valence electrons. The van der Waals surface area contributed by atoms with Gasteiger partial charge in [-0.3, -0.25) is 4.79 Å². The first-order valence-corrected chi connectivity index (χ1v) is 7.42. The SMILES string of the molecule is Cc1cc(C(=O)N2CCCC(C(C)N)C2)sc1C.Cl. The molecular weight excluding hydrogens is 280 g/mol. The van der Waals surface area contributed by atoms with Gasteiger partial charge in [0.2, 0.25) is 0 Å². The molecule has 1 aromatic heterocycles. The van der Waals surface area contributed by atoms with Gasteiger partial charge in [0.05, 0.1) is 4.88 Å². The highest BCUT2D eigenvalue weighted by Crippen LogP contribution is 2.25. The number of nitrogens with two attached hydrogens (primary N) is 1. The van der Waals surface area contributed by atoms with Gasteiger partial charge >= 0.3 is 0 Å². The lowest BCUT2D eigenvalue weighted by Gasteiger charge is -2.34. The van der Waals surface area contributed by atoms with Gasteiger partial charge in [-0.05, 0) is 51.2 Å². The van der Waals surface area contributed by atoms with Crippen LogP contribution in [-0.2, 0) is 0 Å². The fraction of sp³-hybridized carbons (Fsp3) is 0.643. The molecule has 2 heterocycles. The first-order chi connectivity index (χ1) is 8.49. The number of aryl methyl sites for hydroxylation is 2. The molecule has 0 saturated carbocycles. The second kappa shape index (κ2) is 6.73. The molecule has 1 saturated heterocycles. The van der Waals surface area contributed by atoms with Crippen LogP contribution in [0.2, 0.25) is 0 Å². The summed E-state index contributed by atoms with van der Waals surface area (Å²) in [6, 6.07) is 2.19. The number of halogens is 1. The summed E-state index contributed by atoms with van der Waals surface area (Å²) in [6.07, 6.45) is 2.21. The van der Waals surface area contributed by atoms with Crippen LogP contribution in [0, 0.1) is 19.8 Å². The Kier molecular flexibility index (Phi) is 5.83. The molecular formula is C14H23ClN2OS. The van der Waals surface area contributed by atoms with Gasteiger partial charge < -0.3 is 10.6 Å². The van der Waals surface area contributed by atoms with Gasteiger partial charge in [0.25, 0.3) is 5.91 Å². The molecule has 1 aliphatic heterocycles. The predicted octanol–water partition coefficient (Wildman–Crippen LogP) is 2.99. The smallest absolute Gasteiger partial charge is 0.263 e. The molecule has 19 heavy (non-hydrogen) atoms. The molecule has 1 amide bonds. The molecule has 0 aliphatic carbocycles. The maximum atomic E-state index is 12.4. The lowest BCUT2D eigenvalue weighted by molar-refractivity contribution is 0.0666. The highest BCUT2D eigenvalue weighted by molar-refractivity contribution is 7.14. The van der Waals surface area contributed by atoms with Crippen molar-refractivity contribution in [2.24, 2.45) is 11.7 Å². The molecule has 1 fully saturated rings. The molecule has 0 radical (unpaired) electrons. The number of piperidine rings is 1. The molecule has 2 rings (SSSR count). The van der Waals surface area contributed by atoms with E-state index in [0.29, 0.717) is 5.92 Å². The van der Waals surface area contributed by atoms with Crippen molar-refractivity contribution >= 4 is 29.7 Å². The number of rotatable bonds is 2. The summed E-state index contributed by atoms with van der Waals surface area (Å²) in [4.78, 5) is 16.5. The van der Waals surface area contributed by atoms with Gasteiger partial charge in [-0.25, -0.2) is 0 Å². The third-order valence-corrected chi connectivity index (χ3v) is 5.01. The summed E-state index contributed by atoms with van der Waals surface area (Å²) < 4.78 is 0. The Labute approximate surface area is 125 Å². The van der Waals surface area contributed by atoms with Gasteiger partial charge in [-0.15, -0.1) is 23.7 Å². The maximum Gasteiger partial charge on any atom is 0.263 e. The highest BCUT2D eigenvalue weighted by Gasteiger charge is 2.27. The van der Waals surface area contributed by atoms with Crippen molar-refractivity contribution in [1.82, 2.24) is 4.90 Å².